The van der Waals surface area contributed by atoms with E-state index in [2.05, 4.69) is 53.3 Å². The maximum atomic E-state index is 3.92. The van der Waals surface area contributed by atoms with Gasteiger partial charge in [0.05, 0.1) is 0 Å². The fourth-order valence-electron chi connectivity index (χ4n) is 3.64. The van der Waals surface area contributed by atoms with Crippen molar-refractivity contribution in [2.24, 2.45) is 11.8 Å². The molecule has 0 amide bonds. The summed E-state index contributed by atoms with van der Waals surface area (Å²) >= 11 is 3.68. The second-order valence-electron chi connectivity index (χ2n) is 6.09. The van der Waals surface area contributed by atoms with E-state index in [4.69, 9.17) is 0 Å². The molecule has 2 aliphatic carbocycles. The molecule has 18 heavy (non-hydrogen) atoms. The fraction of sp³-hybridized carbons (Fsp3) is 0.625. The zero-order chi connectivity index (χ0) is 12.7. The summed E-state index contributed by atoms with van der Waals surface area (Å²) in [7, 11) is 0. The normalized spacial score (nSPS) is 34.8. The van der Waals surface area contributed by atoms with Gasteiger partial charge in [-0.1, -0.05) is 41.9 Å². The lowest BCUT2D eigenvalue weighted by Gasteiger charge is -2.24. The molecule has 2 heteroatoms. The molecule has 1 fully saturated rings. The second-order valence-corrected chi connectivity index (χ2v) is 6.94. The molecule has 1 aromatic rings. The number of hydrogen-bond acceptors (Lipinski definition) is 1. The summed E-state index contributed by atoms with van der Waals surface area (Å²) in [5.41, 5.74) is 3.05. The number of halogens is 1. The van der Waals surface area contributed by atoms with Crippen LogP contribution in [0.1, 0.15) is 50.3 Å². The topological polar surface area (TPSA) is 12.0 Å². The summed E-state index contributed by atoms with van der Waals surface area (Å²) < 4.78 is 1.29. The first kappa shape index (κ1) is 12.7. The van der Waals surface area contributed by atoms with Gasteiger partial charge in [0.1, 0.15) is 0 Å². The van der Waals surface area contributed by atoms with Crippen LogP contribution in [0.25, 0.3) is 0 Å². The van der Waals surface area contributed by atoms with Gasteiger partial charge in [-0.25, -0.2) is 0 Å². The fourth-order valence-corrected chi connectivity index (χ4v) is 4.22. The Labute approximate surface area is 118 Å². The number of hydrogen-bond donors (Lipinski definition) is 1. The number of fused-ring (bicyclic) bond motifs is 1. The Kier molecular flexibility index (Phi) is 3.50. The van der Waals surface area contributed by atoms with Crippen molar-refractivity contribution in [3.8, 4) is 0 Å². The van der Waals surface area contributed by atoms with Gasteiger partial charge >= 0.3 is 0 Å². The standard InChI is InChI=1S/C16H22BrN/c1-10-6-8-15(11(10)2)18-16-9-7-12-13(16)4-3-5-14(12)17/h3-5,10-11,15-16,18H,6-9H2,1-2H3. The lowest BCUT2D eigenvalue weighted by atomic mass is 9.96. The minimum atomic E-state index is 0.579. The molecule has 0 radical (unpaired) electrons. The van der Waals surface area contributed by atoms with Crippen LogP contribution in [0.2, 0.25) is 0 Å². The molecule has 0 aromatic heterocycles. The van der Waals surface area contributed by atoms with E-state index in [1.54, 1.807) is 0 Å². The summed E-state index contributed by atoms with van der Waals surface area (Å²) in [6, 6.07) is 7.93. The van der Waals surface area contributed by atoms with Crippen molar-refractivity contribution < 1.29 is 0 Å². The molecule has 3 rings (SSSR count). The van der Waals surface area contributed by atoms with E-state index >= 15 is 0 Å². The summed E-state index contributed by atoms with van der Waals surface area (Å²) in [5.74, 6) is 1.70. The minimum Gasteiger partial charge on any atom is -0.307 e. The first-order valence-electron chi connectivity index (χ1n) is 7.20. The van der Waals surface area contributed by atoms with Gasteiger partial charge in [-0.15, -0.1) is 0 Å². The van der Waals surface area contributed by atoms with Crippen molar-refractivity contribution in [2.45, 2.75) is 51.6 Å². The number of rotatable bonds is 2. The van der Waals surface area contributed by atoms with Crippen LogP contribution in [0.4, 0.5) is 0 Å². The van der Waals surface area contributed by atoms with Crippen molar-refractivity contribution in [1.82, 2.24) is 5.32 Å². The Balaban J connectivity index is 1.75. The highest BCUT2D eigenvalue weighted by Gasteiger charge is 2.33. The van der Waals surface area contributed by atoms with Crippen molar-refractivity contribution in [3.63, 3.8) is 0 Å². The lowest BCUT2D eigenvalue weighted by molar-refractivity contribution is 0.338. The highest BCUT2D eigenvalue weighted by atomic mass is 79.9. The Morgan fingerprint density at radius 3 is 2.72 bits per heavy atom. The molecular weight excluding hydrogens is 286 g/mol. The van der Waals surface area contributed by atoms with E-state index in [1.165, 1.54) is 41.3 Å². The average molecular weight is 308 g/mol. The van der Waals surface area contributed by atoms with Gasteiger partial charge in [-0.2, -0.15) is 0 Å². The van der Waals surface area contributed by atoms with E-state index in [-0.39, 0.29) is 0 Å². The van der Waals surface area contributed by atoms with Crippen molar-refractivity contribution in [2.75, 3.05) is 0 Å². The van der Waals surface area contributed by atoms with Crippen molar-refractivity contribution >= 4 is 15.9 Å². The smallest absolute Gasteiger partial charge is 0.0329 e. The third-order valence-corrected chi connectivity index (χ3v) is 5.84. The Hall–Kier alpha value is -0.340. The van der Waals surface area contributed by atoms with Crippen LogP contribution < -0.4 is 5.32 Å². The van der Waals surface area contributed by atoms with Crippen LogP contribution in [-0.4, -0.2) is 6.04 Å². The van der Waals surface area contributed by atoms with Gasteiger partial charge in [0.2, 0.25) is 0 Å². The molecule has 1 nitrogen and oxygen atoms in total. The maximum absolute atomic E-state index is 3.92. The molecule has 0 heterocycles. The molecule has 0 aliphatic heterocycles. The van der Waals surface area contributed by atoms with E-state index in [1.807, 2.05) is 0 Å². The van der Waals surface area contributed by atoms with Crippen LogP contribution in [0.5, 0.6) is 0 Å². The number of benzene rings is 1. The molecule has 4 unspecified atom stereocenters. The van der Waals surface area contributed by atoms with E-state index in [9.17, 15) is 0 Å². The van der Waals surface area contributed by atoms with Gasteiger partial charge in [-0.05, 0) is 54.7 Å². The van der Waals surface area contributed by atoms with Crippen LogP contribution >= 0.6 is 15.9 Å². The largest absolute Gasteiger partial charge is 0.307 e. The first-order valence-corrected chi connectivity index (χ1v) is 7.99. The van der Waals surface area contributed by atoms with E-state index < -0.39 is 0 Å². The molecular formula is C16H22BrN. The molecule has 4 atom stereocenters. The molecule has 1 aromatic carbocycles. The molecule has 0 saturated heterocycles. The average Bonchev–Trinajstić information content (AvgIpc) is 2.90. The monoisotopic (exact) mass is 307 g/mol. The van der Waals surface area contributed by atoms with Crippen LogP contribution in [0.15, 0.2) is 22.7 Å². The predicted octanol–water partition coefficient (Wildman–Crippen LogP) is 4.46. The van der Waals surface area contributed by atoms with Crippen molar-refractivity contribution in [3.05, 3.63) is 33.8 Å². The highest BCUT2D eigenvalue weighted by molar-refractivity contribution is 9.10. The predicted molar refractivity (Wildman–Crippen MR) is 79.7 cm³/mol. The summed E-state index contributed by atoms with van der Waals surface area (Å²) in [6.45, 7) is 4.80. The second kappa shape index (κ2) is 4.97. The zero-order valence-electron chi connectivity index (χ0n) is 11.2. The molecule has 2 aliphatic rings. The van der Waals surface area contributed by atoms with Gasteiger partial charge in [0.25, 0.3) is 0 Å². The quantitative estimate of drug-likeness (QED) is 0.850. The van der Waals surface area contributed by atoms with Gasteiger partial charge in [0, 0.05) is 16.6 Å². The maximum Gasteiger partial charge on any atom is 0.0329 e. The Bertz CT molecular complexity index is 443. The summed E-state index contributed by atoms with van der Waals surface area (Å²) in [6.07, 6.45) is 5.21. The molecule has 98 valence electrons. The number of nitrogens with one attached hydrogen (secondary N) is 1. The highest BCUT2D eigenvalue weighted by Crippen LogP contribution is 2.38. The first-order chi connectivity index (χ1) is 8.66. The van der Waals surface area contributed by atoms with Gasteiger partial charge in [-0.3, -0.25) is 0 Å². The summed E-state index contributed by atoms with van der Waals surface area (Å²) in [4.78, 5) is 0. The van der Waals surface area contributed by atoms with Gasteiger partial charge < -0.3 is 5.32 Å². The molecule has 1 N–H and O–H groups in total. The third kappa shape index (κ3) is 2.14. The molecule has 1 saturated carbocycles. The lowest BCUT2D eigenvalue weighted by Crippen LogP contribution is -2.34. The van der Waals surface area contributed by atoms with E-state index in [0.717, 1.165) is 17.9 Å². The SMILES string of the molecule is CC1CCC(NC2CCc3c(Br)cccc32)C1C. The van der Waals surface area contributed by atoms with Crippen molar-refractivity contribution in [1.29, 1.82) is 0 Å². The summed E-state index contributed by atoms with van der Waals surface area (Å²) in [5, 5.41) is 3.92. The molecule has 0 spiro atoms. The van der Waals surface area contributed by atoms with Crippen LogP contribution in [0.3, 0.4) is 0 Å². The Morgan fingerprint density at radius 1 is 1.17 bits per heavy atom. The molecule has 0 bridgehead atoms. The van der Waals surface area contributed by atoms with Crippen LogP contribution in [-0.2, 0) is 6.42 Å². The van der Waals surface area contributed by atoms with Crippen LogP contribution in [0, 0.1) is 11.8 Å². The van der Waals surface area contributed by atoms with E-state index in [0.29, 0.717) is 6.04 Å². The van der Waals surface area contributed by atoms with Gasteiger partial charge in [0.15, 0.2) is 0 Å². The third-order valence-electron chi connectivity index (χ3n) is 5.09. The minimum absolute atomic E-state index is 0.579. The zero-order valence-corrected chi connectivity index (χ0v) is 12.8. The Morgan fingerprint density at radius 2 is 2.00 bits per heavy atom.